The molecule has 0 unspecified atom stereocenters. The van der Waals surface area contributed by atoms with Gasteiger partial charge in [0.15, 0.2) is 5.96 Å². The van der Waals surface area contributed by atoms with Gasteiger partial charge < -0.3 is 25.8 Å². The van der Waals surface area contributed by atoms with E-state index in [0.29, 0.717) is 31.6 Å². The van der Waals surface area contributed by atoms with Gasteiger partial charge in [-0.2, -0.15) is 0 Å². The molecule has 6 nitrogen and oxygen atoms in total. The highest BCUT2D eigenvalue weighted by Gasteiger charge is 2.19. The van der Waals surface area contributed by atoms with Gasteiger partial charge in [-0.15, -0.1) is 0 Å². The van der Waals surface area contributed by atoms with E-state index in [-0.39, 0.29) is 24.4 Å². The zero-order valence-electron chi connectivity index (χ0n) is 15.4. The van der Waals surface area contributed by atoms with Crippen LogP contribution < -0.4 is 20.7 Å². The molecule has 4 N–H and O–H groups in total. The van der Waals surface area contributed by atoms with Gasteiger partial charge in [-0.25, -0.2) is 9.38 Å². The van der Waals surface area contributed by atoms with Crippen LogP contribution in [-0.4, -0.2) is 37.4 Å². The van der Waals surface area contributed by atoms with Gasteiger partial charge in [0.1, 0.15) is 11.6 Å². The Hall–Kier alpha value is -2.80. The van der Waals surface area contributed by atoms with Gasteiger partial charge in [0.25, 0.3) is 0 Å². The first-order valence-electron chi connectivity index (χ1n) is 8.97. The molecular formula is C20H25FN4O2. The Morgan fingerprint density at radius 1 is 1.30 bits per heavy atom. The summed E-state index contributed by atoms with van der Waals surface area (Å²) >= 11 is 0. The number of aliphatic imine (C=N–C) groups is 1. The average molecular weight is 372 g/mol. The molecule has 144 valence electrons. The summed E-state index contributed by atoms with van der Waals surface area (Å²) in [6.07, 6.45) is 1.05. The first kappa shape index (κ1) is 19.0. The summed E-state index contributed by atoms with van der Waals surface area (Å²) in [5.74, 6) is 0.687. The highest BCUT2D eigenvalue weighted by molar-refractivity contribution is 5.92. The highest BCUT2D eigenvalue weighted by Crippen LogP contribution is 2.24. The number of nitrogens with zero attached hydrogens (tertiary/aromatic N) is 2. The second-order valence-corrected chi connectivity index (χ2v) is 6.56. The Morgan fingerprint density at radius 2 is 2.07 bits per heavy atom. The van der Waals surface area contributed by atoms with Crippen LogP contribution in [0.5, 0.6) is 5.75 Å². The molecule has 0 atom stereocenters. The predicted octanol–water partition coefficient (Wildman–Crippen LogP) is 2.72. The van der Waals surface area contributed by atoms with Crippen LogP contribution in [0.2, 0.25) is 0 Å². The van der Waals surface area contributed by atoms with Crippen molar-refractivity contribution in [3.63, 3.8) is 0 Å². The van der Waals surface area contributed by atoms with E-state index in [1.165, 1.54) is 6.07 Å². The number of hydrogen-bond donors (Lipinski definition) is 3. The van der Waals surface area contributed by atoms with Crippen LogP contribution in [0.4, 0.5) is 15.8 Å². The maximum absolute atomic E-state index is 14.5. The summed E-state index contributed by atoms with van der Waals surface area (Å²) in [4.78, 5) is 6.23. The van der Waals surface area contributed by atoms with Crippen LogP contribution in [0, 0.1) is 5.82 Å². The third-order valence-electron chi connectivity index (χ3n) is 4.59. The number of methoxy groups -OCH3 is 1. The maximum Gasteiger partial charge on any atom is 0.193 e. The number of benzene rings is 2. The van der Waals surface area contributed by atoms with Crippen LogP contribution in [0.3, 0.4) is 0 Å². The van der Waals surface area contributed by atoms with Crippen LogP contribution in [-0.2, 0) is 6.54 Å². The van der Waals surface area contributed by atoms with Gasteiger partial charge >= 0.3 is 0 Å². The van der Waals surface area contributed by atoms with Crippen LogP contribution >= 0.6 is 0 Å². The normalized spacial score (nSPS) is 15.7. The Kier molecular flexibility index (Phi) is 6.13. The molecule has 0 radical (unpaired) electrons. The minimum absolute atomic E-state index is 0.248. The number of nitrogens with one attached hydrogen (secondary N) is 1. The van der Waals surface area contributed by atoms with Crippen molar-refractivity contribution < 1.29 is 14.2 Å². The number of aliphatic hydroxyl groups is 1. The fourth-order valence-electron chi connectivity index (χ4n) is 3.08. The van der Waals surface area contributed by atoms with Crippen molar-refractivity contribution in [2.24, 2.45) is 10.7 Å². The standard InChI is InChI=1S/C20H25FN4O2/c1-27-17-4-2-3-15(12-17)24-20(22)23-13-14-5-6-19(18(21)11-14)25-9-7-16(26)8-10-25/h2-6,11-12,16,26H,7-10,13H2,1H3,(H3,22,23,24). The molecule has 0 bridgehead atoms. The Bertz CT molecular complexity index is 804. The Balaban J connectivity index is 1.61. The first-order chi connectivity index (χ1) is 13.0. The number of nitrogens with two attached hydrogens (primary N) is 1. The second kappa shape index (κ2) is 8.73. The summed E-state index contributed by atoms with van der Waals surface area (Å²) in [6.45, 7) is 1.60. The van der Waals surface area contributed by atoms with Crippen molar-refractivity contribution in [2.45, 2.75) is 25.5 Å². The van der Waals surface area contributed by atoms with E-state index in [9.17, 15) is 9.50 Å². The smallest absolute Gasteiger partial charge is 0.193 e. The van der Waals surface area contributed by atoms with Gasteiger partial charge in [0.05, 0.1) is 25.4 Å². The maximum atomic E-state index is 14.5. The highest BCUT2D eigenvalue weighted by atomic mass is 19.1. The lowest BCUT2D eigenvalue weighted by molar-refractivity contribution is 0.145. The third-order valence-corrected chi connectivity index (χ3v) is 4.59. The lowest BCUT2D eigenvalue weighted by Gasteiger charge is -2.31. The zero-order chi connectivity index (χ0) is 19.2. The van der Waals surface area contributed by atoms with Gasteiger partial charge in [-0.1, -0.05) is 12.1 Å². The molecule has 0 amide bonds. The summed E-state index contributed by atoms with van der Waals surface area (Å²) in [5, 5.41) is 12.6. The monoisotopic (exact) mass is 372 g/mol. The predicted molar refractivity (Wildman–Crippen MR) is 106 cm³/mol. The number of hydrogen-bond acceptors (Lipinski definition) is 4. The molecular weight excluding hydrogens is 347 g/mol. The molecule has 1 aliphatic heterocycles. The SMILES string of the molecule is COc1cccc(NC(N)=NCc2ccc(N3CCC(O)CC3)c(F)c2)c1. The minimum atomic E-state index is -0.280. The summed E-state index contributed by atoms with van der Waals surface area (Å²) in [6, 6.07) is 12.5. The fourth-order valence-corrected chi connectivity index (χ4v) is 3.08. The number of anilines is 2. The molecule has 2 aromatic rings. The number of halogens is 1. The topological polar surface area (TPSA) is 83.1 Å². The van der Waals surface area contributed by atoms with Crippen molar-refractivity contribution in [3.8, 4) is 5.75 Å². The molecule has 1 fully saturated rings. The Labute approximate surface area is 158 Å². The molecule has 1 heterocycles. The van der Waals surface area contributed by atoms with E-state index in [4.69, 9.17) is 10.5 Å². The molecule has 3 rings (SSSR count). The van der Waals surface area contributed by atoms with Gasteiger partial charge in [0, 0.05) is 24.8 Å². The van der Waals surface area contributed by atoms with Crippen molar-refractivity contribution in [2.75, 3.05) is 30.4 Å². The molecule has 7 heteroatoms. The van der Waals surface area contributed by atoms with Gasteiger partial charge in [-0.05, 0) is 42.7 Å². The largest absolute Gasteiger partial charge is 0.497 e. The van der Waals surface area contributed by atoms with E-state index < -0.39 is 0 Å². The molecule has 0 aromatic heterocycles. The van der Waals surface area contributed by atoms with E-state index in [1.807, 2.05) is 35.2 Å². The number of piperidine rings is 1. The number of aliphatic hydroxyl groups excluding tert-OH is 1. The molecule has 2 aromatic carbocycles. The number of ether oxygens (including phenoxy) is 1. The first-order valence-corrected chi connectivity index (χ1v) is 8.97. The van der Waals surface area contributed by atoms with E-state index in [0.717, 1.165) is 17.0 Å². The quantitative estimate of drug-likeness (QED) is 0.555. The summed E-state index contributed by atoms with van der Waals surface area (Å²) in [7, 11) is 1.60. The molecule has 0 saturated carbocycles. The average Bonchev–Trinajstić information content (AvgIpc) is 2.67. The summed E-state index contributed by atoms with van der Waals surface area (Å²) in [5.41, 5.74) is 7.99. The van der Waals surface area contributed by atoms with Crippen molar-refractivity contribution in [1.29, 1.82) is 0 Å². The molecule has 1 aliphatic rings. The van der Waals surface area contributed by atoms with Crippen LogP contribution in [0.15, 0.2) is 47.5 Å². The van der Waals surface area contributed by atoms with Gasteiger partial charge in [0.2, 0.25) is 0 Å². The van der Waals surface area contributed by atoms with E-state index in [1.54, 1.807) is 13.2 Å². The molecule has 1 saturated heterocycles. The van der Waals surface area contributed by atoms with Gasteiger partial charge in [-0.3, -0.25) is 0 Å². The molecule has 0 spiro atoms. The minimum Gasteiger partial charge on any atom is -0.497 e. The van der Waals surface area contributed by atoms with E-state index in [2.05, 4.69) is 10.3 Å². The Morgan fingerprint density at radius 3 is 2.78 bits per heavy atom. The number of guanidine groups is 1. The van der Waals surface area contributed by atoms with E-state index >= 15 is 0 Å². The number of rotatable bonds is 5. The third kappa shape index (κ3) is 5.10. The zero-order valence-corrected chi connectivity index (χ0v) is 15.4. The van der Waals surface area contributed by atoms with Crippen LogP contribution in [0.25, 0.3) is 0 Å². The second-order valence-electron chi connectivity index (χ2n) is 6.56. The van der Waals surface area contributed by atoms with Crippen molar-refractivity contribution in [1.82, 2.24) is 0 Å². The van der Waals surface area contributed by atoms with Crippen LogP contribution in [0.1, 0.15) is 18.4 Å². The lowest BCUT2D eigenvalue weighted by atomic mass is 10.1. The van der Waals surface area contributed by atoms with Crippen molar-refractivity contribution in [3.05, 3.63) is 53.8 Å². The summed E-state index contributed by atoms with van der Waals surface area (Å²) < 4.78 is 19.6. The molecule has 27 heavy (non-hydrogen) atoms. The lowest BCUT2D eigenvalue weighted by Crippen LogP contribution is -2.36. The fraction of sp³-hybridized carbons (Fsp3) is 0.350. The molecule has 0 aliphatic carbocycles. The van der Waals surface area contributed by atoms with Crippen molar-refractivity contribution >= 4 is 17.3 Å².